The molecule has 7 heteroatoms. The molecule has 0 spiro atoms. The van der Waals surface area contributed by atoms with Crippen molar-refractivity contribution in [1.82, 2.24) is 20.2 Å². The van der Waals surface area contributed by atoms with E-state index in [-0.39, 0.29) is 13.1 Å². The van der Waals surface area contributed by atoms with Crippen molar-refractivity contribution in [2.45, 2.75) is 0 Å². The van der Waals surface area contributed by atoms with Gasteiger partial charge in [-0.1, -0.05) is 18.2 Å². The molecular formula is C16H13N5OS. The maximum atomic E-state index is 5.92. The smallest absolute Gasteiger partial charge is 0.270 e. The lowest BCUT2D eigenvalue weighted by Gasteiger charge is -2.02. The van der Waals surface area contributed by atoms with Gasteiger partial charge in [0.25, 0.3) is 5.89 Å². The van der Waals surface area contributed by atoms with Gasteiger partial charge < -0.3 is 10.2 Å². The summed E-state index contributed by atoms with van der Waals surface area (Å²) in [5, 5.41) is 12.1. The molecule has 0 saturated heterocycles. The van der Waals surface area contributed by atoms with Crippen molar-refractivity contribution >= 4 is 17.2 Å². The number of nitrogen functional groups attached to an aromatic ring is 1. The SMILES string of the molecule is Nc1ncc(-c2ccsc2)nc1-c1nnc(-c2ccccc2)o1.[HH]. The van der Waals surface area contributed by atoms with E-state index in [9.17, 15) is 0 Å². The minimum absolute atomic E-state index is 0. The second-order valence-electron chi connectivity index (χ2n) is 4.78. The van der Waals surface area contributed by atoms with Gasteiger partial charge in [0.2, 0.25) is 5.89 Å². The van der Waals surface area contributed by atoms with Gasteiger partial charge in [-0.25, -0.2) is 9.97 Å². The largest absolute Gasteiger partial charge is 0.414 e. The van der Waals surface area contributed by atoms with E-state index in [0.29, 0.717) is 11.6 Å². The third-order valence-electron chi connectivity index (χ3n) is 3.27. The molecule has 0 unspecified atom stereocenters. The van der Waals surface area contributed by atoms with Gasteiger partial charge in [-0.2, -0.15) is 11.3 Å². The molecule has 2 N–H and O–H groups in total. The summed E-state index contributed by atoms with van der Waals surface area (Å²) in [4.78, 5) is 8.70. The molecule has 0 radical (unpaired) electrons. The summed E-state index contributed by atoms with van der Waals surface area (Å²) in [6, 6.07) is 11.5. The molecule has 0 aliphatic rings. The van der Waals surface area contributed by atoms with Gasteiger partial charge in [-0.3, -0.25) is 0 Å². The van der Waals surface area contributed by atoms with E-state index >= 15 is 0 Å². The Balaban J connectivity index is 0.00000169. The van der Waals surface area contributed by atoms with Crippen LogP contribution in [0.3, 0.4) is 0 Å². The molecule has 4 rings (SSSR count). The second kappa shape index (κ2) is 5.62. The highest BCUT2D eigenvalue weighted by Gasteiger charge is 2.16. The maximum absolute atomic E-state index is 5.92. The Bertz CT molecular complexity index is 940. The number of rotatable bonds is 3. The van der Waals surface area contributed by atoms with Gasteiger partial charge in [-0.15, -0.1) is 10.2 Å². The molecule has 3 aromatic heterocycles. The first-order valence-corrected chi connectivity index (χ1v) is 7.80. The van der Waals surface area contributed by atoms with Crippen LogP contribution in [0.15, 0.2) is 57.8 Å². The highest BCUT2D eigenvalue weighted by atomic mass is 32.1. The molecule has 23 heavy (non-hydrogen) atoms. The average Bonchev–Trinajstić information content (AvgIpc) is 3.28. The first-order valence-electron chi connectivity index (χ1n) is 6.85. The summed E-state index contributed by atoms with van der Waals surface area (Å²) in [7, 11) is 0. The van der Waals surface area contributed by atoms with Gasteiger partial charge in [-0.05, 0) is 23.6 Å². The van der Waals surface area contributed by atoms with E-state index in [1.54, 1.807) is 17.5 Å². The number of hydrogen-bond donors (Lipinski definition) is 1. The monoisotopic (exact) mass is 323 g/mol. The Morgan fingerprint density at radius 1 is 1.00 bits per heavy atom. The van der Waals surface area contributed by atoms with Crippen LogP contribution in [0.25, 0.3) is 34.3 Å². The first kappa shape index (κ1) is 13.6. The van der Waals surface area contributed by atoms with Crippen molar-refractivity contribution in [2.24, 2.45) is 0 Å². The summed E-state index contributed by atoms with van der Waals surface area (Å²) in [5.41, 5.74) is 8.85. The Hall–Kier alpha value is -3.06. The standard InChI is InChI=1S/C16H11N5OS.H2/c17-14-13(19-12(8-18-14)11-6-7-23-9-11)16-21-20-15(22-16)10-4-2-1-3-5-10;/h1-9H,(H2,17,18);1H. The maximum Gasteiger partial charge on any atom is 0.270 e. The minimum Gasteiger partial charge on any atom is -0.414 e. The van der Waals surface area contributed by atoms with E-state index in [0.717, 1.165) is 16.8 Å². The van der Waals surface area contributed by atoms with E-state index < -0.39 is 0 Å². The van der Waals surface area contributed by atoms with Crippen molar-refractivity contribution in [1.29, 1.82) is 0 Å². The van der Waals surface area contributed by atoms with Crippen LogP contribution in [0, 0.1) is 0 Å². The highest BCUT2D eigenvalue weighted by molar-refractivity contribution is 7.08. The number of nitrogens with two attached hydrogens (primary N) is 1. The Morgan fingerprint density at radius 2 is 1.83 bits per heavy atom. The van der Waals surface area contributed by atoms with Crippen LogP contribution >= 0.6 is 11.3 Å². The normalized spacial score (nSPS) is 10.8. The third kappa shape index (κ3) is 2.58. The summed E-state index contributed by atoms with van der Waals surface area (Å²) in [6.45, 7) is 0. The van der Waals surface area contributed by atoms with Gasteiger partial charge in [0.1, 0.15) is 0 Å². The zero-order valence-corrected chi connectivity index (χ0v) is 12.7. The molecule has 114 valence electrons. The number of aromatic nitrogens is 4. The predicted molar refractivity (Wildman–Crippen MR) is 90.6 cm³/mol. The van der Waals surface area contributed by atoms with E-state index in [1.807, 2.05) is 47.2 Å². The summed E-state index contributed by atoms with van der Waals surface area (Å²) >= 11 is 1.59. The van der Waals surface area contributed by atoms with Gasteiger partial charge >= 0.3 is 0 Å². The Morgan fingerprint density at radius 3 is 2.61 bits per heavy atom. The number of thiophene rings is 1. The van der Waals surface area contributed by atoms with E-state index in [1.165, 1.54) is 0 Å². The number of benzene rings is 1. The lowest BCUT2D eigenvalue weighted by molar-refractivity contribution is 0.582. The molecule has 0 amide bonds. The molecule has 1 aromatic carbocycles. The molecule has 0 bridgehead atoms. The van der Waals surface area contributed by atoms with Crippen molar-refractivity contribution in [2.75, 3.05) is 5.73 Å². The quantitative estimate of drug-likeness (QED) is 0.617. The fraction of sp³-hybridized carbons (Fsp3) is 0. The Kier molecular flexibility index (Phi) is 3.32. The fourth-order valence-electron chi connectivity index (χ4n) is 2.12. The van der Waals surface area contributed by atoms with Crippen molar-refractivity contribution in [3.05, 3.63) is 53.4 Å². The lowest BCUT2D eigenvalue weighted by Crippen LogP contribution is -1.98. The topological polar surface area (TPSA) is 90.7 Å². The molecule has 0 atom stereocenters. The average molecular weight is 323 g/mol. The van der Waals surface area contributed by atoms with Crippen molar-refractivity contribution in [3.63, 3.8) is 0 Å². The fourth-order valence-corrected chi connectivity index (χ4v) is 2.77. The van der Waals surface area contributed by atoms with Gasteiger partial charge in [0, 0.05) is 17.9 Å². The predicted octanol–water partition coefficient (Wildman–Crippen LogP) is 3.75. The summed E-state index contributed by atoms with van der Waals surface area (Å²) < 4.78 is 5.71. The highest BCUT2D eigenvalue weighted by Crippen LogP contribution is 2.28. The second-order valence-corrected chi connectivity index (χ2v) is 5.56. The molecule has 0 saturated carbocycles. The molecule has 3 heterocycles. The lowest BCUT2D eigenvalue weighted by atomic mass is 10.2. The third-order valence-corrected chi connectivity index (χ3v) is 3.95. The Labute approximate surface area is 137 Å². The summed E-state index contributed by atoms with van der Waals surface area (Å²) in [6.07, 6.45) is 1.63. The molecule has 0 fully saturated rings. The zero-order chi connectivity index (χ0) is 15.6. The molecule has 6 nitrogen and oxygen atoms in total. The van der Waals surface area contributed by atoms with Crippen LogP contribution in [0.4, 0.5) is 5.82 Å². The van der Waals surface area contributed by atoms with Crippen LogP contribution in [-0.2, 0) is 0 Å². The van der Waals surface area contributed by atoms with Crippen LogP contribution in [0.5, 0.6) is 0 Å². The van der Waals surface area contributed by atoms with Crippen LogP contribution in [0.2, 0.25) is 0 Å². The van der Waals surface area contributed by atoms with Crippen molar-refractivity contribution < 1.29 is 5.84 Å². The number of anilines is 1. The summed E-state index contributed by atoms with van der Waals surface area (Å²) in [5.74, 6) is 0.931. The minimum atomic E-state index is 0. The van der Waals surface area contributed by atoms with E-state index in [2.05, 4.69) is 20.2 Å². The molecule has 4 aromatic rings. The molecule has 0 aliphatic carbocycles. The van der Waals surface area contributed by atoms with Gasteiger partial charge in [0.05, 0.1) is 11.9 Å². The van der Waals surface area contributed by atoms with Crippen LogP contribution in [-0.4, -0.2) is 20.2 Å². The number of nitrogens with zero attached hydrogens (tertiary/aromatic N) is 4. The van der Waals surface area contributed by atoms with Gasteiger partial charge in [0.15, 0.2) is 11.5 Å². The molecule has 0 aliphatic heterocycles. The van der Waals surface area contributed by atoms with Crippen molar-refractivity contribution in [3.8, 4) is 34.3 Å². The van der Waals surface area contributed by atoms with Crippen LogP contribution < -0.4 is 5.73 Å². The van der Waals surface area contributed by atoms with E-state index in [4.69, 9.17) is 10.2 Å². The first-order chi connectivity index (χ1) is 11.3. The zero-order valence-electron chi connectivity index (χ0n) is 11.9. The molecular weight excluding hydrogens is 310 g/mol. The van der Waals surface area contributed by atoms with Crippen LogP contribution in [0.1, 0.15) is 1.43 Å². The number of hydrogen-bond acceptors (Lipinski definition) is 7.